The quantitative estimate of drug-likeness (QED) is 0.889. The first-order valence-electron chi connectivity index (χ1n) is 7.74. The van der Waals surface area contributed by atoms with Crippen LogP contribution < -0.4 is 5.32 Å². The summed E-state index contributed by atoms with van der Waals surface area (Å²) in [5.74, 6) is 0.686. The number of benzene rings is 1. The van der Waals surface area contributed by atoms with Gasteiger partial charge >= 0.3 is 0 Å². The molecule has 1 aromatic carbocycles. The van der Waals surface area contributed by atoms with Gasteiger partial charge in [0.05, 0.1) is 10.7 Å². The number of phenolic OH excluding ortho intramolecular Hbond substituents is 1. The average molecular weight is 316 g/mol. The second-order valence-electron chi connectivity index (χ2n) is 5.70. The standard InChI is InChI=1S/C17H20N2O2S/c20-14-7-5-12(6-8-14)15-11-22-16(19-15)9-10-18-17(21)13-3-1-2-4-13/h5-8,11,13,20H,1-4,9-10H2,(H,18,21). The lowest BCUT2D eigenvalue weighted by atomic mass is 10.1. The van der Waals surface area contributed by atoms with Crippen LogP contribution in [0, 0.1) is 5.92 Å². The van der Waals surface area contributed by atoms with Crippen LogP contribution in [-0.4, -0.2) is 22.5 Å². The van der Waals surface area contributed by atoms with Crippen molar-refractivity contribution >= 4 is 17.2 Å². The number of phenols is 1. The van der Waals surface area contributed by atoms with Crippen LogP contribution in [0.15, 0.2) is 29.6 Å². The van der Waals surface area contributed by atoms with Crippen LogP contribution in [0.1, 0.15) is 30.7 Å². The number of carbonyl (C=O) groups excluding carboxylic acids is 1. The van der Waals surface area contributed by atoms with Gasteiger partial charge in [-0.1, -0.05) is 12.8 Å². The number of hydrogen-bond donors (Lipinski definition) is 2. The molecular formula is C17H20N2O2S. The highest BCUT2D eigenvalue weighted by Gasteiger charge is 2.22. The van der Waals surface area contributed by atoms with Crippen molar-refractivity contribution in [2.24, 2.45) is 5.92 Å². The van der Waals surface area contributed by atoms with Crippen LogP contribution in [0.3, 0.4) is 0 Å². The Labute approximate surface area is 134 Å². The predicted octanol–water partition coefficient (Wildman–Crippen LogP) is 3.36. The molecule has 2 N–H and O–H groups in total. The van der Waals surface area contributed by atoms with Crippen molar-refractivity contribution in [2.75, 3.05) is 6.54 Å². The van der Waals surface area contributed by atoms with E-state index in [2.05, 4.69) is 10.3 Å². The first kappa shape index (κ1) is 15.0. The number of nitrogens with zero attached hydrogens (tertiary/aromatic N) is 1. The number of amides is 1. The van der Waals surface area contributed by atoms with Crippen molar-refractivity contribution in [3.8, 4) is 17.0 Å². The third-order valence-corrected chi connectivity index (χ3v) is 4.99. The maximum absolute atomic E-state index is 11.9. The molecule has 1 heterocycles. The number of aromatic nitrogens is 1. The number of carbonyl (C=O) groups is 1. The van der Waals surface area contributed by atoms with E-state index in [1.807, 2.05) is 17.5 Å². The van der Waals surface area contributed by atoms with Crippen LogP contribution in [0.25, 0.3) is 11.3 Å². The molecule has 2 aromatic rings. The summed E-state index contributed by atoms with van der Waals surface area (Å²) in [4.78, 5) is 16.5. The Balaban J connectivity index is 1.51. The predicted molar refractivity (Wildman–Crippen MR) is 87.9 cm³/mol. The Morgan fingerprint density at radius 1 is 1.27 bits per heavy atom. The van der Waals surface area contributed by atoms with Crippen molar-refractivity contribution < 1.29 is 9.90 Å². The number of hydrogen-bond acceptors (Lipinski definition) is 4. The van der Waals surface area contributed by atoms with Crippen LogP contribution in [0.5, 0.6) is 5.75 Å². The lowest BCUT2D eigenvalue weighted by molar-refractivity contribution is -0.124. The summed E-state index contributed by atoms with van der Waals surface area (Å²) in [6, 6.07) is 7.04. The molecule has 0 radical (unpaired) electrons. The molecule has 1 saturated carbocycles. The molecule has 0 aliphatic heterocycles. The van der Waals surface area contributed by atoms with Crippen molar-refractivity contribution in [3.63, 3.8) is 0 Å². The topological polar surface area (TPSA) is 62.2 Å². The third kappa shape index (κ3) is 3.65. The SMILES string of the molecule is O=C(NCCc1nc(-c2ccc(O)cc2)cs1)C1CCCC1. The summed E-state index contributed by atoms with van der Waals surface area (Å²) < 4.78 is 0. The van der Waals surface area contributed by atoms with E-state index in [4.69, 9.17) is 0 Å². The Morgan fingerprint density at radius 2 is 2.00 bits per heavy atom. The van der Waals surface area contributed by atoms with E-state index in [0.29, 0.717) is 6.54 Å². The molecule has 0 spiro atoms. The normalized spacial score (nSPS) is 15.1. The van der Waals surface area contributed by atoms with Gasteiger partial charge in [0.2, 0.25) is 5.91 Å². The van der Waals surface area contributed by atoms with Gasteiger partial charge in [-0.2, -0.15) is 0 Å². The molecule has 1 aliphatic carbocycles. The van der Waals surface area contributed by atoms with E-state index in [9.17, 15) is 9.90 Å². The first-order chi connectivity index (χ1) is 10.7. The van der Waals surface area contributed by atoms with E-state index in [0.717, 1.165) is 35.5 Å². The fraction of sp³-hybridized carbons (Fsp3) is 0.412. The highest BCUT2D eigenvalue weighted by molar-refractivity contribution is 7.09. The van der Waals surface area contributed by atoms with Crippen molar-refractivity contribution in [3.05, 3.63) is 34.7 Å². The molecule has 1 aliphatic rings. The monoisotopic (exact) mass is 316 g/mol. The number of aromatic hydroxyl groups is 1. The van der Waals surface area contributed by atoms with Gasteiger partial charge in [0, 0.05) is 29.8 Å². The zero-order chi connectivity index (χ0) is 15.4. The molecular weight excluding hydrogens is 296 g/mol. The fourth-order valence-corrected chi connectivity index (χ4v) is 3.62. The zero-order valence-electron chi connectivity index (χ0n) is 12.4. The molecule has 22 heavy (non-hydrogen) atoms. The van der Waals surface area contributed by atoms with Crippen LogP contribution in [0.4, 0.5) is 0 Å². The molecule has 0 bridgehead atoms. The molecule has 3 rings (SSSR count). The summed E-state index contributed by atoms with van der Waals surface area (Å²) in [6.45, 7) is 0.651. The summed E-state index contributed by atoms with van der Waals surface area (Å²) >= 11 is 1.61. The summed E-state index contributed by atoms with van der Waals surface area (Å²) in [5, 5.41) is 15.4. The van der Waals surface area contributed by atoms with E-state index in [1.165, 1.54) is 12.8 Å². The van der Waals surface area contributed by atoms with E-state index in [1.54, 1.807) is 23.5 Å². The van der Waals surface area contributed by atoms with E-state index < -0.39 is 0 Å². The maximum atomic E-state index is 11.9. The summed E-state index contributed by atoms with van der Waals surface area (Å²) in [5.41, 5.74) is 1.91. The van der Waals surface area contributed by atoms with Gasteiger partial charge in [0.15, 0.2) is 0 Å². The van der Waals surface area contributed by atoms with Gasteiger partial charge in [0.25, 0.3) is 0 Å². The van der Waals surface area contributed by atoms with Crippen molar-refractivity contribution in [1.29, 1.82) is 0 Å². The third-order valence-electron chi connectivity index (χ3n) is 4.08. The highest BCUT2D eigenvalue weighted by Crippen LogP contribution is 2.25. The Hall–Kier alpha value is -1.88. The lowest BCUT2D eigenvalue weighted by Crippen LogP contribution is -2.30. The highest BCUT2D eigenvalue weighted by atomic mass is 32.1. The van der Waals surface area contributed by atoms with Crippen molar-refractivity contribution in [1.82, 2.24) is 10.3 Å². The molecule has 116 valence electrons. The van der Waals surface area contributed by atoms with E-state index in [-0.39, 0.29) is 17.6 Å². The largest absolute Gasteiger partial charge is 0.508 e. The molecule has 1 aromatic heterocycles. The lowest BCUT2D eigenvalue weighted by Gasteiger charge is -2.09. The number of rotatable bonds is 5. The molecule has 1 fully saturated rings. The van der Waals surface area contributed by atoms with Gasteiger partial charge in [-0.25, -0.2) is 4.98 Å². The Morgan fingerprint density at radius 3 is 2.73 bits per heavy atom. The smallest absolute Gasteiger partial charge is 0.223 e. The zero-order valence-corrected chi connectivity index (χ0v) is 13.2. The minimum absolute atomic E-state index is 0.202. The first-order valence-corrected chi connectivity index (χ1v) is 8.62. The van der Waals surface area contributed by atoms with Gasteiger partial charge in [-0.3, -0.25) is 4.79 Å². The Bertz CT molecular complexity index is 630. The second-order valence-corrected chi connectivity index (χ2v) is 6.64. The van der Waals surface area contributed by atoms with Crippen LogP contribution in [-0.2, 0) is 11.2 Å². The molecule has 4 nitrogen and oxygen atoms in total. The Kier molecular flexibility index (Phi) is 4.73. The van der Waals surface area contributed by atoms with Crippen LogP contribution >= 0.6 is 11.3 Å². The van der Waals surface area contributed by atoms with Gasteiger partial charge < -0.3 is 10.4 Å². The molecule has 5 heteroatoms. The molecule has 0 unspecified atom stereocenters. The van der Waals surface area contributed by atoms with Crippen molar-refractivity contribution in [2.45, 2.75) is 32.1 Å². The van der Waals surface area contributed by atoms with Crippen LogP contribution in [0.2, 0.25) is 0 Å². The molecule has 1 amide bonds. The average Bonchev–Trinajstić information content (AvgIpc) is 3.19. The van der Waals surface area contributed by atoms with Gasteiger partial charge in [0.1, 0.15) is 5.75 Å². The second kappa shape index (κ2) is 6.92. The summed E-state index contributed by atoms with van der Waals surface area (Å²) in [7, 11) is 0. The van der Waals surface area contributed by atoms with E-state index >= 15 is 0 Å². The summed E-state index contributed by atoms with van der Waals surface area (Å²) in [6.07, 6.45) is 5.20. The van der Waals surface area contributed by atoms with Gasteiger partial charge in [-0.15, -0.1) is 11.3 Å². The number of thiazole rings is 1. The number of nitrogens with one attached hydrogen (secondary N) is 1. The van der Waals surface area contributed by atoms with Gasteiger partial charge in [-0.05, 0) is 37.1 Å². The maximum Gasteiger partial charge on any atom is 0.223 e. The minimum Gasteiger partial charge on any atom is -0.508 e. The fourth-order valence-electron chi connectivity index (χ4n) is 2.82. The molecule has 0 saturated heterocycles. The molecule has 0 atom stereocenters. The minimum atomic E-state index is 0.202.